The maximum Gasteiger partial charge on any atom is 0.0187 e. The van der Waals surface area contributed by atoms with E-state index in [4.69, 9.17) is 0 Å². The molecule has 0 radical (unpaired) electrons. The molecule has 0 atom stereocenters. The van der Waals surface area contributed by atoms with Gasteiger partial charge in [-0.1, -0.05) is 68.3 Å². The molecule has 0 aliphatic carbocycles. The third-order valence-electron chi connectivity index (χ3n) is 2.96. The van der Waals surface area contributed by atoms with Crippen LogP contribution >= 0.6 is 31.9 Å². The second-order valence-electron chi connectivity index (χ2n) is 4.18. The largest absolute Gasteiger partial charge is 0.0616 e. The maximum atomic E-state index is 3.59. The summed E-state index contributed by atoms with van der Waals surface area (Å²) in [5.74, 6) is 0. The van der Waals surface area contributed by atoms with Crippen LogP contribution in [0.2, 0.25) is 0 Å². The molecule has 0 nitrogen and oxygen atoms in total. The van der Waals surface area contributed by atoms with E-state index in [-0.39, 0.29) is 0 Å². The lowest BCUT2D eigenvalue weighted by Gasteiger charge is -2.08. The first-order valence-corrected chi connectivity index (χ1v) is 7.27. The smallest absolute Gasteiger partial charge is 0.0187 e. The fourth-order valence-corrected chi connectivity index (χ4v) is 3.04. The van der Waals surface area contributed by atoms with Gasteiger partial charge in [0.15, 0.2) is 0 Å². The van der Waals surface area contributed by atoms with E-state index in [1.54, 1.807) is 0 Å². The van der Waals surface area contributed by atoms with E-state index < -0.39 is 0 Å². The van der Waals surface area contributed by atoms with E-state index in [9.17, 15) is 0 Å². The summed E-state index contributed by atoms with van der Waals surface area (Å²) in [6, 6.07) is 21.2. The molecule has 0 aliphatic heterocycles. The number of benzene rings is 3. The van der Waals surface area contributed by atoms with Crippen molar-refractivity contribution in [2.45, 2.75) is 0 Å². The minimum Gasteiger partial charge on any atom is -0.0616 e. The van der Waals surface area contributed by atoms with Crippen molar-refractivity contribution in [1.82, 2.24) is 0 Å². The molecular formula is C16H10Br2. The minimum atomic E-state index is 1.10. The number of fused-ring (bicyclic) bond motifs is 1. The Hall–Kier alpha value is -1.12. The van der Waals surface area contributed by atoms with Crippen LogP contribution in [-0.2, 0) is 0 Å². The zero-order valence-corrected chi connectivity index (χ0v) is 12.7. The van der Waals surface area contributed by atoms with Crippen LogP contribution in [0.4, 0.5) is 0 Å². The second-order valence-corrected chi connectivity index (χ2v) is 6.02. The number of hydrogen-bond acceptors (Lipinski definition) is 0. The van der Waals surface area contributed by atoms with Gasteiger partial charge in [-0.05, 0) is 46.2 Å². The quantitative estimate of drug-likeness (QED) is 0.496. The van der Waals surface area contributed by atoms with E-state index in [1.807, 2.05) is 6.07 Å². The van der Waals surface area contributed by atoms with Gasteiger partial charge in [-0.3, -0.25) is 0 Å². The molecule has 3 rings (SSSR count). The van der Waals surface area contributed by atoms with Gasteiger partial charge in [-0.25, -0.2) is 0 Å². The lowest BCUT2D eigenvalue weighted by molar-refractivity contribution is 1.60. The predicted molar refractivity (Wildman–Crippen MR) is 84.8 cm³/mol. The van der Waals surface area contributed by atoms with Crippen LogP contribution in [-0.4, -0.2) is 0 Å². The van der Waals surface area contributed by atoms with Crippen molar-refractivity contribution in [2.24, 2.45) is 0 Å². The molecule has 0 heterocycles. The fourth-order valence-electron chi connectivity index (χ4n) is 2.17. The lowest BCUT2D eigenvalue weighted by Crippen LogP contribution is -1.82. The Bertz CT molecular complexity index is 717. The molecule has 0 spiro atoms. The average Bonchev–Trinajstić information content (AvgIpc) is 2.37. The van der Waals surface area contributed by atoms with Gasteiger partial charge >= 0.3 is 0 Å². The van der Waals surface area contributed by atoms with Crippen LogP contribution in [0.15, 0.2) is 69.6 Å². The van der Waals surface area contributed by atoms with E-state index in [2.05, 4.69) is 86.5 Å². The first-order chi connectivity index (χ1) is 8.74. The predicted octanol–water partition coefficient (Wildman–Crippen LogP) is 6.03. The SMILES string of the molecule is Brc1cccc(-c2cc(Br)cc3ccccc23)c1. The Morgan fingerprint density at radius 2 is 1.50 bits per heavy atom. The number of hydrogen-bond donors (Lipinski definition) is 0. The summed E-state index contributed by atoms with van der Waals surface area (Å²) >= 11 is 7.12. The average molecular weight is 362 g/mol. The third-order valence-corrected chi connectivity index (χ3v) is 3.91. The maximum absolute atomic E-state index is 3.59. The Morgan fingerprint density at radius 3 is 2.33 bits per heavy atom. The highest BCUT2D eigenvalue weighted by atomic mass is 79.9. The summed E-state index contributed by atoms with van der Waals surface area (Å²) in [4.78, 5) is 0. The van der Waals surface area contributed by atoms with Gasteiger partial charge in [0.1, 0.15) is 0 Å². The molecule has 0 amide bonds. The van der Waals surface area contributed by atoms with Gasteiger partial charge in [0, 0.05) is 8.95 Å². The summed E-state index contributed by atoms with van der Waals surface area (Å²) in [7, 11) is 0. The van der Waals surface area contributed by atoms with Crippen molar-refractivity contribution in [3.8, 4) is 11.1 Å². The van der Waals surface area contributed by atoms with Crippen LogP contribution in [0.5, 0.6) is 0 Å². The summed E-state index contributed by atoms with van der Waals surface area (Å²) < 4.78 is 2.21. The van der Waals surface area contributed by atoms with Crippen LogP contribution in [0.3, 0.4) is 0 Å². The zero-order chi connectivity index (χ0) is 12.5. The topological polar surface area (TPSA) is 0 Å². The van der Waals surface area contributed by atoms with Crippen LogP contribution in [0, 0.1) is 0 Å². The zero-order valence-electron chi connectivity index (χ0n) is 9.53. The first-order valence-electron chi connectivity index (χ1n) is 5.68. The van der Waals surface area contributed by atoms with Gasteiger partial charge in [0.05, 0.1) is 0 Å². The molecule has 3 aromatic carbocycles. The van der Waals surface area contributed by atoms with Crippen molar-refractivity contribution in [3.05, 3.63) is 69.6 Å². The van der Waals surface area contributed by atoms with Crippen LogP contribution in [0.1, 0.15) is 0 Å². The molecule has 0 N–H and O–H groups in total. The minimum absolute atomic E-state index is 1.10. The highest BCUT2D eigenvalue weighted by Crippen LogP contribution is 2.33. The van der Waals surface area contributed by atoms with Gasteiger partial charge in [-0.2, -0.15) is 0 Å². The highest BCUT2D eigenvalue weighted by molar-refractivity contribution is 9.10. The van der Waals surface area contributed by atoms with Gasteiger partial charge in [0.2, 0.25) is 0 Å². The molecule has 0 bridgehead atoms. The summed E-state index contributed by atoms with van der Waals surface area (Å²) in [5, 5.41) is 2.53. The number of rotatable bonds is 1. The Morgan fingerprint density at radius 1 is 0.667 bits per heavy atom. The van der Waals surface area contributed by atoms with Crippen LogP contribution in [0.25, 0.3) is 21.9 Å². The lowest BCUT2D eigenvalue weighted by atomic mass is 9.98. The second kappa shape index (κ2) is 4.87. The third kappa shape index (κ3) is 2.23. The summed E-state index contributed by atoms with van der Waals surface area (Å²) in [5.41, 5.74) is 2.48. The van der Waals surface area contributed by atoms with Gasteiger partial charge in [-0.15, -0.1) is 0 Å². The summed E-state index contributed by atoms with van der Waals surface area (Å²) in [6.45, 7) is 0. The Labute approximate surface area is 123 Å². The van der Waals surface area contributed by atoms with Crippen molar-refractivity contribution in [2.75, 3.05) is 0 Å². The van der Waals surface area contributed by atoms with Crippen molar-refractivity contribution >= 4 is 42.6 Å². The van der Waals surface area contributed by atoms with E-state index >= 15 is 0 Å². The first kappa shape index (κ1) is 11.9. The summed E-state index contributed by atoms with van der Waals surface area (Å²) in [6.07, 6.45) is 0. The van der Waals surface area contributed by atoms with Crippen molar-refractivity contribution in [3.63, 3.8) is 0 Å². The van der Waals surface area contributed by atoms with E-state index in [1.165, 1.54) is 21.9 Å². The van der Waals surface area contributed by atoms with Crippen molar-refractivity contribution < 1.29 is 0 Å². The molecule has 0 saturated heterocycles. The standard InChI is InChI=1S/C16H10Br2/c17-13-6-3-5-12(8-13)16-10-14(18)9-11-4-1-2-7-15(11)16/h1-10H. The molecule has 18 heavy (non-hydrogen) atoms. The van der Waals surface area contributed by atoms with Gasteiger partial charge in [0.25, 0.3) is 0 Å². The molecule has 88 valence electrons. The Balaban J connectivity index is 2.34. The normalized spacial score (nSPS) is 10.8. The molecule has 0 aliphatic rings. The van der Waals surface area contributed by atoms with E-state index in [0.717, 1.165) is 8.95 Å². The van der Waals surface area contributed by atoms with Crippen molar-refractivity contribution in [1.29, 1.82) is 0 Å². The fraction of sp³-hybridized carbons (Fsp3) is 0. The monoisotopic (exact) mass is 360 g/mol. The molecule has 0 saturated carbocycles. The molecule has 0 fully saturated rings. The Kier molecular flexibility index (Phi) is 3.23. The molecule has 0 unspecified atom stereocenters. The molecule has 3 aromatic rings. The molecule has 2 heteroatoms. The molecular weight excluding hydrogens is 352 g/mol. The van der Waals surface area contributed by atoms with E-state index in [0.29, 0.717) is 0 Å². The van der Waals surface area contributed by atoms with Gasteiger partial charge < -0.3 is 0 Å². The number of halogens is 2. The molecule has 0 aromatic heterocycles. The highest BCUT2D eigenvalue weighted by Gasteiger charge is 2.05. The van der Waals surface area contributed by atoms with Crippen LogP contribution < -0.4 is 0 Å².